The van der Waals surface area contributed by atoms with Crippen molar-refractivity contribution in [2.45, 2.75) is 46.5 Å². The van der Waals surface area contributed by atoms with Crippen LogP contribution in [-0.4, -0.2) is 23.9 Å². The Morgan fingerprint density at radius 3 is 2.17 bits per heavy atom. The average molecular weight is 247 g/mol. The van der Waals surface area contributed by atoms with E-state index in [1.165, 1.54) is 12.8 Å². The maximum Gasteiger partial charge on any atom is 0.249 e. The molecule has 0 aromatic rings. The van der Waals surface area contributed by atoms with Crippen molar-refractivity contribution in [1.29, 1.82) is 0 Å². The standard InChI is InChI=1S/C16H25NO/c1-4-5-8-11-14(2)15(3)16(18)17-12-9-6-7-10-13-17/h4-5,8,11H,6-7,9-10,12-13H2,1-3H3/b5-4+,11-8-,15-14+. The van der Waals surface area contributed by atoms with Crippen molar-refractivity contribution >= 4 is 5.91 Å². The molecule has 0 bridgehead atoms. The van der Waals surface area contributed by atoms with Crippen molar-refractivity contribution in [2.24, 2.45) is 0 Å². The second kappa shape index (κ2) is 7.91. The summed E-state index contributed by atoms with van der Waals surface area (Å²) in [4.78, 5) is 14.4. The second-order valence-corrected chi connectivity index (χ2v) is 4.90. The van der Waals surface area contributed by atoms with Crippen LogP contribution in [0.5, 0.6) is 0 Å². The average Bonchev–Trinajstić information content (AvgIpc) is 2.66. The molecule has 0 N–H and O–H groups in total. The van der Waals surface area contributed by atoms with E-state index in [-0.39, 0.29) is 5.91 Å². The van der Waals surface area contributed by atoms with E-state index >= 15 is 0 Å². The van der Waals surface area contributed by atoms with Crippen LogP contribution in [0.15, 0.2) is 35.5 Å². The van der Waals surface area contributed by atoms with Gasteiger partial charge in [-0.1, -0.05) is 37.1 Å². The van der Waals surface area contributed by atoms with Gasteiger partial charge in [0.15, 0.2) is 0 Å². The predicted molar refractivity (Wildman–Crippen MR) is 77.4 cm³/mol. The largest absolute Gasteiger partial charge is 0.339 e. The number of rotatable bonds is 3. The molecule has 0 spiro atoms. The van der Waals surface area contributed by atoms with E-state index in [4.69, 9.17) is 0 Å². The summed E-state index contributed by atoms with van der Waals surface area (Å²) in [5.41, 5.74) is 1.93. The van der Waals surface area contributed by atoms with Gasteiger partial charge in [0.2, 0.25) is 5.91 Å². The predicted octanol–water partition coefficient (Wildman–Crippen LogP) is 3.86. The van der Waals surface area contributed by atoms with E-state index in [1.807, 2.05) is 50.0 Å². The Bertz CT molecular complexity index is 355. The first-order valence-corrected chi connectivity index (χ1v) is 6.93. The second-order valence-electron chi connectivity index (χ2n) is 4.90. The zero-order valence-electron chi connectivity index (χ0n) is 11.9. The van der Waals surface area contributed by atoms with Crippen LogP contribution in [0.25, 0.3) is 0 Å². The lowest BCUT2D eigenvalue weighted by atomic mass is 10.1. The molecule has 0 unspecified atom stereocenters. The molecule has 1 saturated heterocycles. The summed E-state index contributed by atoms with van der Waals surface area (Å²) in [6.45, 7) is 7.76. The highest BCUT2D eigenvalue weighted by molar-refractivity contribution is 5.94. The molecule has 1 rings (SSSR count). The van der Waals surface area contributed by atoms with Gasteiger partial charge in [-0.25, -0.2) is 0 Å². The number of nitrogens with zero attached hydrogens (tertiary/aromatic N) is 1. The molecule has 2 heteroatoms. The third-order valence-electron chi connectivity index (χ3n) is 3.46. The molecule has 1 heterocycles. The highest BCUT2D eigenvalue weighted by Crippen LogP contribution is 2.14. The summed E-state index contributed by atoms with van der Waals surface area (Å²) in [6.07, 6.45) is 12.8. The third-order valence-corrected chi connectivity index (χ3v) is 3.46. The van der Waals surface area contributed by atoms with E-state index in [9.17, 15) is 4.79 Å². The molecule has 0 atom stereocenters. The zero-order chi connectivity index (χ0) is 13.4. The number of hydrogen-bond donors (Lipinski definition) is 0. The van der Waals surface area contributed by atoms with Crippen molar-refractivity contribution in [1.82, 2.24) is 4.90 Å². The number of carbonyl (C=O) groups excluding carboxylic acids is 1. The molecule has 1 amide bonds. The van der Waals surface area contributed by atoms with E-state index in [1.54, 1.807) is 0 Å². The molecule has 18 heavy (non-hydrogen) atoms. The number of carbonyl (C=O) groups is 1. The summed E-state index contributed by atoms with van der Waals surface area (Å²) in [7, 11) is 0. The number of hydrogen-bond acceptors (Lipinski definition) is 1. The lowest BCUT2D eigenvalue weighted by molar-refractivity contribution is -0.127. The lowest BCUT2D eigenvalue weighted by Crippen LogP contribution is -2.32. The van der Waals surface area contributed by atoms with Gasteiger partial charge < -0.3 is 4.90 Å². The maximum atomic E-state index is 12.3. The first-order chi connectivity index (χ1) is 8.66. The van der Waals surface area contributed by atoms with E-state index in [2.05, 4.69) is 0 Å². The van der Waals surface area contributed by atoms with Crippen LogP contribution in [0, 0.1) is 0 Å². The molecule has 100 valence electrons. The van der Waals surface area contributed by atoms with Gasteiger partial charge in [0.05, 0.1) is 0 Å². The molecule has 1 fully saturated rings. The SMILES string of the molecule is C/C=C/C=C\C(C)=C(/C)C(=O)N1CCCCCC1. The molecule has 1 aliphatic rings. The molecule has 1 aliphatic heterocycles. The Labute approximate surface area is 111 Å². The fourth-order valence-electron chi connectivity index (χ4n) is 2.12. The molecule has 0 aromatic heterocycles. The molecular formula is C16H25NO. The number of amides is 1. The van der Waals surface area contributed by atoms with Crippen LogP contribution < -0.4 is 0 Å². The van der Waals surface area contributed by atoms with Crippen molar-refractivity contribution in [2.75, 3.05) is 13.1 Å². The molecular weight excluding hydrogens is 222 g/mol. The number of allylic oxidation sites excluding steroid dienone is 5. The highest BCUT2D eigenvalue weighted by atomic mass is 16.2. The summed E-state index contributed by atoms with van der Waals surface area (Å²) < 4.78 is 0. The Kier molecular flexibility index (Phi) is 6.48. The van der Waals surface area contributed by atoms with E-state index in [0.717, 1.165) is 37.1 Å². The lowest BCUT2D eigenvalue weighted by Gasteiger charge is -2.21. The van der Waals surface area contributed by atoms with Gasteiger partial charge >= 0.3 is 0 Å². The Hall–Kier alpha value is -1.31. The fourth-order valence-corrected chi connectivity index (χ4v) is 2.12. The minimum absolute atomic E-state index is 0.208. The molecule has 2 nitrogen and oxygen atoms in total. The monoisotopic (exact) mass is 247 g/mol. The third kappa shape index (κ3) is 4.52. The normalized spacial score (nSPS) is 19.2. The summed E-state index contributed by atoms with van der Waals surface area (Å²) in [5.74, 6) is 0.208. The number of likely N-dealkylation sites (tertiary alicyclic amines) is 1. The van der Waals surface area contributed by atoms with Gasteiger partial charge in [0.1, 0.15) is 0 Å². The van der Waals surface area contributed by atoms with Gasteiger partial charge in [-0.2, -0.15) is 0 Å². The Morgan fingerprint density at radius 2 is 1.61 bits per heavy atom. The van der Waals surface area contributed by atoms with E-state index in [0.29, 0.717) is 0 Å². The van der Waals surface area contributed by atoms with Crippen molar-refractivity contribution in [3.8, 4) is 0 Å². The molecule has 0 saturated carbocycles. The minimum Gasteiger partial charge on any atom is -0.339 e. The van der Waals surface area contributed by atoms with Gasteiger partial charge in [-0.3, -0.25) is 4.79 Å². The maximum absolute atomic E-state index is 12.3. The Balaban J connectivity index is 2.71. The van der Waals surface area contributed by atoms with Crippen LogP contribution in [0.3, 0.4) is 0 Å². The van der Waals surface area contributed by atoms with Crippen LogP contribution in [0.2, 0.25) is 0 Å². The van der Waals surface area contributed by atoms with Crippen LogP contribution in [-0.2, 0) is 4.79 Å². The van der Waals surface area contributed by atoms with Gasteiger partial charge in [-0.15, -0.1) is 0 Å². The first kappa shape index (κ1) is 14.7. The minimum atomic E-state index is 0.208. The van der Waals surface area contributed by atoms with Crippen LogP contribution in [0.4, 0.5) is 0 Å². The highest BCUT2D eigenvalue weighted by Gasteiger charge is 2.17. The van der Waals surface area contributed by atoms with Crippen LogP contribution >= 0.6 is 0 Å². The smallest absolute Gasteiger partial charge is 0.249 e. The van der Waals surface area contributed by atoms with Gasteiger partial charge in [-0.05, 0) is 39.2 Å². The van der Waals surface area contributed by atoms with Gasteiger partial charge in [0.25, 0.3) is 0 Å². The van der Waals surface area contributed by atoms with Crippen LogP contribution in [0.1, 0.15) is 46.5 Å². The summed E-state index contributed by atoms with van der Waals surface area (Å²) in [6, 6.07) is 0. The van der Waals surface area contributed by atoms with Crippen molar-refractivity contribution < 1.29 is 4.79 Å². The molecule has 0 aliphatic carbocycles. The Morgan fingerprint density at radius 1 is 1.00 bits per heavy atom. The zero-order valence-corrected chi connectivity index (χ0v) is 11.9. The van der Waals surface area contributed by atoms with Gasteiger partial charge in [0, 0.05) is 18.7 Å². The quantitative estimate of drug-likeness (QED) is 0.548. The van der Waals surface area contributed by atoms with E-state index < -0.39 is 0 Å². The molecule has 0 aromatic carbocycles. The summed E-state index contributed by atoms with van der Waals surface area (Å²) >= 11 is 0. The molecule has 0 radical (unpaired) electrons. The topological polar surface area (TPSA) is 20.3 Å². The fraction of sp³-hybridized carbons (Fsp3) is 0.562. The van der Waals surface area contributed by atoms with Crippen molar-refractivity contribution in [3.05, 3.63) is 35.5 Å². The van der Waals surface area contributed by atoms with Crippen molar-refractivity contribution in [3.63, 3.8) is 0 Å². The first-order valence-electron chi connectivity index (χ1n) is 6.93. The summed E-state index contributed by atoms with van der Waals surface area (Å²) in [5, 5.41) is 0.